The zero-order valence-corrected chi connectivity index (χ0v) is 17.0. The summed E-state index contributed by atoms with van der Waals surface area (Å²) in [4.78, 5) is 19.1. The number of pyridine rings is 1. The molecule has 1 unspecified atom stereocenters. The molecule has 6 nitrogen and oxygen atoms in total. The second-order valence-electron chi connectivity index (χ2n) is 8.02. The third-order valence-electron chi connectivity index (χ3n) is 5.93. The van der Waals surface area contributed by atoms with Gasteiger partial charge < -0.3 is 14.6 Å². The minimum Gasteiger partial charge on any atom is -0.368 e. The molecule has 0 saturated carbocycles. The minimum absolute atomic E-state index is 0.0330. The summed E-state index contributed by atoms with van der Waals surface area (Å²) in [5, 5.41) is 3.03. The van der Waals surface area contributed by atoms with Crippen molar-refractivity contribution in [2.45, 2.75) is 38.5 Å². The topological polar surface area (TPSA) is 59.4 Å². The van der Waals surface area contributed by atoms with Crippen molar-refractivity contribution in [2.24, 2.45) is 0 Å². The van der Waals surface area contributed by atoms with Gasteiger partial charge in [-0.1, -0.05) is 6.07 Å². The molecule has 1 saturated heterocycles. The summed E-state index contributed by atoms with van der Waals surface area (Å²) >= 11 is 0. The van der Waals surface area contributed by atoms with Crippen LogP contribution in [0, 0.1) is 0 Å². The first-order chi connectivity index (χ1) is 14.8. The first-order valence-corrected chi connectivity index (χ1v) is 10.6. The summed E-state index contributed by atoms with van der Waals surface area (Å²) in [7, 11) is 0. The smallest absolute Gasteiger partial charge is 0.253 e. The number of hydrogen-bond donors (Lipinski definition) is 1. The molecule has 6 heteroatoms. The number of aromatic nitrogens is 2. The second-order valence-corrected chi connectivity index (χ2v) is 8.02. The lowest BCUT2D eigenvalue weighted by Crippen LogP contribution is -2.31. The van der Waals surface area contributed by atoms with E-state index in [2.05, 4.69) is 56.3 Å². The minimum atomic E-state index is -0.308. The molecule has 2 aliphatic heterocycles. The van der Waals surface area contributed by atoms with Crippen molar-refractivity contribution < 1.29 is 9.53 Å². The first-order valence-electron chi connectivity index (χ1n) is 10.6. The molecule has 0 radical (unpaired) electrons. The van der Waals surface area contributed by atoms with E-state index in [1.807, 2.05) is 18.3 Å². The lowest BCUT2D eigenvalue weighted by atomic mass is 9.99. The molecule has 1 atom stereocenters. The Balaban J connectivity index is 1.28. The van der Waals surface area contributed by atoms with Crippen LogP contribution in [0.15, 0.2) is 61.1 Å². The van der Waals surface area contributed by atoms with Gasteiger partial charge in [-0.3, -0.25) is 14.7 Å². The number of carbonyl (C=O) groups excluding carboxylic acids is 1. The highest BCUT2D eigenvalue weighted by Gasteiger charge is 2.24. The van der Waals surface area contributed by atoms with Crippen LogP contribution >= 0.6 is 0 Å². The number of fused-ring (bicyclic) bond motifs is 1. The van der Waals surface area contributed by atoms with Crippen molar-refractivity contribution in [2.75, 3.05) is 18.5 Å². The van der Waals surface area contributed by atoms with Gasteiger partial charge in [-0.25, -0.2) is 0 Å². The van der Waals surface area contributed by atoms with Gasteiger partial charge in [0.2, 0.25) is 0 Å². The predicted molar refractivity (Wildman–Crippen MR) is 115 cm³/mol. The van der Waals surface area contributed by atoms with E-state index in [4.69, 9.17) is 4.74 Å². The molecule has 1 aromatic carbocycles. The van der Waals surface area contributed by atoms with E-state index in [0.717, 1.165) is 50.3 Å². The molecule has 0 bridgehead atoms. The second kappa shape index (κ2) is 8.42. The molecule has 4 heterocycles. The van der Waals surface area contributed by atoms with Crippen LogP contribution in [0.1, 0.15) is 29.7 Å². The Morgan fingerprint density at radius 3 is 3.00 bits per heavy atom. The Kier molecular flexibility index (Phi) is 5.34. The van der Waals surface area contributed by atoms with Gasteiger partial charge in [-0.05, 0) is 66.8 Å². The third-order valence-corrected chi connectivity index (χ3v) is 5.93. The van der Waals surface area contributed by atoms with Crippen molar-refractivity contribution in [1.82, 2.24) is 14.5 Å². The molecule has 1 fully saturated rings. The average molecular weight is 402 g/mol. The van der Waals surface area contributed by atoms with Crippen LogP contribution in [0.3, 0.4) is 0 Å². The Morgan fingerprint density at radius 2 is 2.17 bits per heavy atom. The molecule has 5 rings (SSSR count). The van der Waals surface area contributed by atoms with Gasteiger partial charge in [0.15, 0.2) is 0 Å². The van der Waals surface area contributed by atoms with Crippen LogP contribution in [0.5, 0.6) is 0 Å². The zero-order valence-electron chi connectivity index (χ0n) is 17.0. The molecule has 1 N–H and O–H groups in total. The number of nitrogens with one attached hydrogen (secondary N) is 1. The van der Waals surface area contributed by atoms with E-state index >= 15 is 0 Å². The summed E-state index contributed by atoms with van der Waals surface area (Å²) < 4.78 is 7.69. The van der Waals surface area contributed by atoms with Crippen molar-refractivity contribution in [3.63, 3.8) is 0 Å². The van der Waals surface area contributed by atoms with Gasteiger partial charge in [0, 0.05) is 50.0 Å². The number of amides is 1. The maximum absolute atomic E-state index is 12.4. The molecular formula is C24H26N4O2. The van der Waals surface area contributed by atoms with Gasteiger partial charge in [-0.15, -0.1) is 0 Å². The summed E-state index contributed by atoms with van der Waals surface area (Å²) in [5.41, 5.74) is 5.83. The van der Waals surface area contributed by atoms with Crippen molar-refractivity contribution in [3.8, 4) is 5.69 Å². The molecule has 1 amide bonds. The number of ether oxygens (including phenoxy) is 1. The van der Waals surface area contributed by atoms with Gasteiger partial charge in [0.25, 0.3) is 5.91 Å². The summed E-state index contributed by atoms with van der Waals surface area (Å²) in [6, 6.07) is 14.6. The fraction of sp³-hybridized carbons (Fsp3) is 0.333. The number of nitrogens with zero attached hydrogens (tertiary/aromatic N) is 3. The van der Waals surface area contributed by atoms with Crippen molar-refractivity contribution in [1.29, 1.82) is 0 Å². The summed E-state index contributed by atoms with van der Waals surface area (Å²) in [6.45, 7) is 3.44. The van der Waals surface area contributed by atoms with Crippen LogP contribution in [-0.2, 0) is 29.0 Å². The molecule has 30 heavy (non-hydrogen) atoms. The molecule has 154 valence electrons. The number of rotatable bonds is 5. The Hall–Kier alpha value is -2.96. The maximum atomic E-state index is 12.4. The summed E-state index contributed by atoms with van der Waals surface area (Å²) in [5.74, 6) is -0.0330. The van der Waals surface area contributed by atoms with Gasteiger partial charge in [0.05, 0.1) is 11.9 Å². The number of anilines is 1. The van der Waals surface area contributed by atoms with E-state index in [9.17, 15) is 4.79 Å². The molecule has 0 aliphatic carbocycles. The van der Waals surface area contributed by atoms with Gasteiger partial charge in [-0.2, -0.15) is 0 Å². The average Bonchev–Trinajstić information content (AvgIpc) is 3.47. The predicted octanol–water partition coefficient (Wildman–Crippen LogP) is 3.55. The van der Waals surface area contributed by atoms with E-state index in [0.29, 0.717) is 6.61 Å². The van der Waals surface area contributed by atoms with Gasteiger partial charge >= 0.3 is 0 Å². The monoisotopic (exact) mass is 402 g/mol. The highest BCUT2D eigenvalue weighted by atomic mass is 16.5. The van der Waals surface area contributed by atoms with Crippen molar-refractivity contribution >= 4 is 11.6 Å². The standard InChI is InChI=1S/C24H26N4O2/c29-24(23-6-3-13-30-23)26-20-8-7-18-9-12-27(16-19(18)14-20)17-22-5-2-11-28(22)21-4-1-10-25-15-21/h1-2,4-5,7-8,10-11,14-15,23H,3,6,9,12-13,16-17H2,(H,26,29). The number of carbonyl (C=O) groups is 1. The molecule has 0 spiro atoms. The Bertz CT molecular complexity index is 1020. The zero-order chi connectivity index (χ0) is 20.3. The SMILES string of the molecule is O=C(Nc1ccc2c(c1)CN(Cc1cccn1-c1cccnc1)CC2)C1CCCO1. The van der Waals surface area contributed by atoms with Crippen LogP contribution < -0.4 is 5.32 Å². The van der Waals surface area contributed by atoms with Crippen molar-refractivity contribution in [3.05, 3.63) is 77.9 Å². The normalized spacial score (nSPS) is 18.9. The third kappa shape index (κ3) is 4.01. The molecule has 3 aromatic rings. The highest BCUT2D eigenvalue weighted by molar-refractivity contribution is 5.94. The van der Waals surface area contributed by atoms with Crippen LogP contribution in [0.2, 0.25) is 0 Å². The fourth-order valence-electron chi connectivity index (χ4n) is 4.36. The maximum Gasteiger partial charge on any atom is 0.253 e. The van der Waals surface area contributed by atoms with Crippen LogP contribution in [0.4, 0.5) is 5.69 Å². The largest absolute Gasteiger partial charge is 0.368 e. The Morgan fingerprint density at radius 1 is 1.20 bits per heavy atom. The summed E-state index contributed by atoms with van der Waals surface area (Å²) in [6.07, 6.45) is 8.24. The lowest BCUT2D eigenvalue weighted by molar-refractivity contribution is -0.124. The van der Waals surface area contributed by atoms with Crippen LogP contribution in [-0.4, -0.2) is 39.6 Å². The van der Waals surface area contributed by atoms with E-state index in [-0.39, 0.29) is 12.0 Å². The molecule has 2 aromatic heterocycles. The first kappa shape index (κ1) is 19.0. The van der Waals surface area contributed by atoms with Crippen LogP contribution in [0.25, 0.3) is 5.69 Å². The lowest BCUT2D eigenvalue weighted by Gasteiger charge is -2.29. The van der Waals surface area contributed by atoms with E-state index in [1.165, 1.54) is 16.8 Å². The van der Waals surface area contributed by atoms with E-state index < -0.39 is 0 Å². The quantitative estimate of drug-likeness (QED) is 0.709. The number of benzene rings is 1. The number of hydrogen-bond acceptors (Lipinski definition) is 4. The highest BCUT2D eigenvalue weighted by Crippen LogP contribution is 2.25. The van der Waals surface area contributed by atoms with E-state index in [1.54, 1.807) is 6.20 Å². The Labute approximate surface area is 176 Å². The molecular weight excluding hydrogens is 376 g/mol. The van der Waals surface area contributed by atoms with Gasteiger partial charge in [0.1, 0.15) is 6.10 Å². The fourth-order valence-corrected chi connectivity index (χ4v) is 4.36. The molecule has 2 aliphatic rings.